The van der Waals surface area contributed by atoms with Crippen molar-refractivity contribution in [2.45, 2.75) is 0 Å². The van der Waals surface area contributed by atoms with Crippen LogP contribution in [0.1, 0.15) is 0 Å². The lowest BCUT2D eigenvalue weighted by Crippen LogP contribution is -2.05. The summed E-state index contributed by atoms with van der Waals surface area (Å²) in [6.45, 7) is 0. The Morgan fingerprint density at radius 2 is 2.12 bits per heavy atom. The van der Waals surface area contributed by atoms with Crippen molar-refractivity contribution in [2.24, 2.45) is 0 Å². The van der Waals surface area contributed by atoms with Crippen molar-refractivity contribution >= 4 is 17.2 Å². The molecule has 3 aromatic heterocycles. The van der Waals surface area contributed by atoms with Crippen LogP contribution in [0.2, 0.25) is 5.15 Å². The molecule has 3 rings (SSSR count). The van der Waals surface area contributed by atoms with Crippen LogP contribution in [-0.4, -0.2) is 24.6 Å². The molecule has 17 heavy (non-hydrogen) atoms. The van der Waals surface area contributed by atoms with Crippen molar-refractivity contribution in [3.63, 3.8) is 0 Å². The zero-order chi connectivity index (χ0) is 11.8. The summed E-state index contributed by atoms with van der Waals surface area (Å²) in [5.41, 5.74) is 0.875. The summed E-state index contributed by atoms with van der Waals surface area (Å²) in [5, 5.41) is 8.30. The minimum Gasteiger partial charge on any atom is -0.319 e. The SMILES string of the molecule is O=c1cccc(-c2nnc3cncc(Cl)n23)[nH]1. The summed E-state index contributed by atoms with van der Waals surface area (Å²) >= 11 is 6.02. The molecule has 84 valence electrons. The van der Waals surface area contributed by atoms with Crippen LogP contribution >= 0.6 is 11.6 Å². The van der Waals surface area contributed by atoms with Crippen molar-refractivity contribution in [1.29, 1.82) is 0 Å². The fourth-order valence-corrected chi connectivity index (χ4v) is 1.79. The predicted octanol–water partition coefficient (Wildman–Crippen LogP) is 1.13. The summed E-state index contributed by atoms with van der Waals surface area (Å²) < 4.78 is 1.61. The van der Waals surface area contributed by atoms with E-state index < -0.39 is 0 Å². The molecule has 0 atom stereocenters. The van der Waals surface area contributed by atoms with E-state index in [4.69, 9.17) is 11.6 Å². The lowest BCUT2D eigenvalue weighted by atomic mass is 10.3. The Balaban J connectivity index is 2.35. The van der Waals surface area contributed by atoms with E-state index in [1.807, 2.05) is 0 Å². The van der Waals surface area contributed by atoms with E-state index in [0.29, 0.717) is 22.3 Å². The quantitative estimate of drug-likeness (QED) is 0.699. The zero-order valence-electron chi connectivity index (χ0n) is 8.46. The van der Waals surface area contributed by atoms with Gasteiger partial charge in [0.2, 0.25) is 5.56 Å². The molecular formula is C10H6ClN5O. The fourth-order valence-electron chi connectivity index (χ4n) is 1.57. The maximum atomic E-state index is 11.2. The molecule has 0 aliphatic carbocycles. The topological polar surface area (TPSA) is 75.9 Å². The summed E-state index contributed by atoms with van der Waals surface area (Å²) in [7, 11) is 0. The average Bonchev–Trinajstić information content (AvgIpc) is 2.74. The highest BCUT2D eigenvalue weighted by Gasteiger charge is 2.11. The number of nitrogens with zero attached hydrogens (tertiary/aromatic N) is 4. The highest BCUT2D eigenvalue weighted by molar-refractivity contribution is 6.29. The van der Waals surface area contributed by atoms with Gasteiger partial charge in [0.25, 0.3) is 0 Å². The van der Waals surface area contributed by atoms with Gasteiger partial charge in [0.1, 0.15) is 5.15 Å². The Morgan fingerprint density at radius 3 is 2.94 bits per heavy atom. The van der Waals surface area contributed by atoms with Gasteiger partial charge in [-0.05, 0) is 6.07 Å². The normalized spacial score (nSPS) is 10.9. The second-order valence-corrected chi connectivity index (χ2v) is 3.76. The maximum absolute atomic E-state index is 11.2. The van der Waals surface area contributed by atoms with Crippen molar-refractivity contribution in [2.75, 3.05) is 0 Å². The smallest absolute Gasteiger partial charge is 0.248 e. The first-order valence-corrected chi connectivity index (χ1v) is 5.18. The molecule has 0 aromatic carbocycles. The molecule has 3 heterocycles. The fraction of sp³-hybridized carbons (Fsp3) is 0. The molecule has 0 saturated heterocycles. The van der Waals surface area contributed by atoms with Crippen LogP contribution in [0.4, 0.5) is 0 Å². The lowest BCUT2D eigenvalue weighted by molar-refractivity contribution is 1.08. The molecule has 0 aliphatic rings. The Labute approximate surface area is 99.9 Å². The number of hydrogen-bond donors (Lipinski definition) is 1. The van der Waals surface area contributed by atoms with Gasteiger partial charge < -0.3 is 4.98 Å². The monoisotopic (exact) mass is 247 g/mol. The molecule has 0 unspecified atom stereocenters. The lowest BCUT2D eigenvalue weighted by Gasteiger charge is -2.00. The molecule has 0 amide bonds. The maximum Gasteiger partial charge on any atom is 0.248 e. The number of hydrogen-bond acceptors (Lipinski definition) is 4. The predicted molar refractivity (Wildman–Crippen MR) is 61.8 cm³/mol. The Hall–Kier alpha value is -2.21. The Bertz CT molecular complexity index is 748. The van der Waals surface area contributed by atoms with E-state index in [1.54, 1.807) is 22.7 Å². The highest BCUT2D eigenvalue weighted by Crippen LogP contribution is 2.18. The van der Waals surface area contributed by atoms with Crippen molar-refractivity contribution in [3.8, 4) is 11.5 Å². The minimum absolute atomic E-state index is 0.204. The van der Waals surface area contributed by atoms with Crippen LogP contribution in [0, 0.1) is 0 Å². The number of pyridine rings is 1. The molecule has 0 saturated carbocycles. The van der Waals surface area contributed by atoms with Crippen LogP contribution in [0.15, 0.2) is 35.4 Å². The van der Waals surface area contributed by atoms with Crippen molar-refractivity contribution in [1.82, 2.24) is 24.6 Å². The third-order valence-corrected chi connectivity index (χ3v) is 2.55. The largest absolute Gasteiger partial charge is 0.319 e. The second kappa shape index (κ2) is 3.67. The van der Waals surface area contributed by atoms with Crippen LogP contribution in [0.25, 0.3) is 17.2 Å². The van der Waals surface area contributed by atoms with Gasteiger partial charge in [0.05, 0.1) is 18.1 Å². The van der Waals surface area contributed by atoms with Crippen LogP contribution in [-0.2, 0) is 0 Å². The van der Waals surface area contributed by atoms with Gasteiger partial charge in [-0.15, -0.1) is 10.2 Å². The standard InChI is InChI=1S/C10H6ClN5O/c11-7-4-12-5-8-14-15-10(16(7)8)6-2-1-3-9(17)13-6/h1-5H,(H,13,17). The molecule has 6 nitrogen and oxygen atoms in total. The molecule has 0 fully saturated rings. The minimum atomic E-state index is -0.204. The molecule has 0 spiro atoms. The molecule has 0 radical (unpaired) electrons. The number of nitrogens with one attached hydrogen (secondary N) is 1. The highest BCUT2D eigenvalue weighted by atomic mass is 35.5. The van der Waals surface area contributed by atoms with Gasteiger partial charge in [-0.3, -0.25) is 14.2 Å². The molecule has 1 N–H and O–H groups in total. The summed E-state index contributed by atoms with van der Waals surface area (Å²) in [4.78, 5) is 17.8. The van der Waals surface area contributed by atoms with E-state index in [-0.39, 0.29) is 5.56 Å². The number of fused-ring (bicyclic) bond motifs is 1. The summed E-state index contributed by atoms with van der Waals surface area (Å²) in [5.74, 6) is 0.477. The Morgan fingerprint density at radius 1 is 1.24 bits per heavy atom. The van der Waals surface area contributed by atoms with Crippen LogP contribution < -0.4 is 5.56 Å². The second-order valence-electron chi connectivity index (χ2n) is 3.38. The molecule has 7 heteroatoms. The van der Waals surface area contributed by atoms with Crippen LogP contribution in [0.3, 0.4) is 0 Å². The van der Waals surface area contributed by atoms with Gasteiger partial charge >= 0.3 is 0 Å². The number of rotatable bonds is 1. The van der Waals surface area contributed by atoms with E-state index in [2.05, 4.69) is 20.2 Å². The molecule has 0 bridgehead atoms. The third kappa shape index (κ3) is 1.58. The molecule has 3 aromatic rings. The van der Waals surface area contributed by atoms with Crippen molar-refractivity contribution < 1.29 is 0 Å². The first kappa shape index (κ1) is 9.98. The average molecular weight is 248 g/mol. The first-order chi connectivity index (χ1) is 8.25. The molecular weight excluding hydrogens is 242 g/mol. The van der Waals surface area contributed by atoms with Crippen LogP contribution in [0.5, 0.6) is 0 Å². The van der Waals surface area contributed by atoms with Crippen molar-refractivity contribution in [3.05, 3.63) is 46.1 Å². The Kier molecular flexibility index (Phi) is 2.15. The third-order valence-electron chi connectivity index (χ3n) is 2.28. The number of aromatic nitrogens is 5. The number of aromatic amines is 1. The van der Waals surface area contributed by atoms with Gasteiger partial charge in [-0.1, -0.05) is 17.7 Å². The van der Waals surface area contributed by atoms with E-state index in [1.165, 1.54) is 12.3 Å². The zero-order valence-corrected chi connectivity index (χ0v) is 9.22. The van der Waals surface area contributed by atoms with Gasteiger partial charge in [0.15, 0.2) is 11.5 Å². The number of H-pyrrole nitrogens is 1. The molecule has 0 aliphatic heterocycles. The van der Waals surface area contributed by atoms with E-state index in [9.17, 15) is 4.79 Å². The first-order valence-electron chi connectivity index (χ1n) is 4.80. The van der Waals surface area contributed by atoms with E-state index in [0.717, 1.165) is 0 Å². The van der Waals surface area contributed by atoms with Gasteiger partial charge in [0, 0.05) is 6.07 Å². The van der Waals surface area contributed by atoms with Gasteiger partial charge in [-0.25, -0.2) is 0 Å². The van der Waals surface area contributed by atoms with Gasteiger partial charge in [-0.2, -0.15) is 0 Å². The summed E-state index contributed by atoms with van der Waals surface area (Å²) in [6.07, 6.45) is 3.03. The number of halogens is 1. The van der Waals surface area contributed by atoms with E-state index >= 15 is 0 Å². The summed E-state index contributed by atoms with van der Waals surface area (Å²) in [6, 6.07) is 4.80.